The van der Waals surface area contributed by atoms with Crippen molar-refractivity contribution in [3.8, 4) is 6.01 Å². The fraction of sp³-hybridized carbons (Fsp3) is 0.400. The first kappa shape index (κ1) is 9.92. The number of hydrogen-bond acceptors (Lipinski definition) is 4. The smallest absolute Gasteiger partial charge is 0.322 e. The van der Waals surface area contributed by atoms with Crippen molar-refractivity contribution >= 4 is 0 Å². The van der Waals surface area contributed by atoms with Gasteiger partial charge in [-0.3, -0.25) is 0 Å². The maximum Gasteiger partial charge on any atom is 0.322 e. The van der Waals surface area contributed by atoms with Crippen LogP contribution in [0.25, 0.3) is 6.01 Å². The normalized spacial score (nSPS) is 11.1. The molecular weight excluding hydrogens is 192 g/mol. The summed E-state index contributed by atoms with van der Waals surface area (Å²) < 4.78 is 6.89. The summed E-state index contributed by atoms with van der Waals surface area (Å²) in [5.74, 6) is 0. The van der Waals surface area contributed by atoms with E-state index in [1.165, 1.54) is 0 Å². The van der Waals surface area contributed by atoms with Gasteiger partial charge in [0.15, 0.2) is 0 Å². The van der Waals surface area contributed by atoms with Gasteiger partial charge in [-0.05, 0) is 6.07 Å². The molecule has 0 aliphatic heterocycles. The van der Waals surface area contributed by atoms with Crippen LogP contribution in [0.4, 0.5) is 0 Å². The first-order valence-corrected chi connectivity index (χ1v) is 4.93. The zero-order valence-electron chi connectivity index (χ0n) is 8.84. The second-order valence-corrected chi connectivity index (χ2v) is 3.61. The Labute approximate surface area is 88.1 Å². The standard InChI is InChI=1S/C10H14N4O/c1-8(2)11-6-9-7-15-10(13-9)14-5-3-4-12-14/h3-5,7-8,11H,6H2,1-2H3. The predicted octanol–water partition coefficient (Wildman–Crippen LogP) is 1.36. The van der Waals surface area contributed by atoms with Crippen LogP contribution < -0.4 is 5.32 Å². The molecule has 0 amide bonds. The molecule has 2 rings (SSSR count). The van der Waals surface area contributed by atoms with E-state index in [-0.39, 0.29) is 0 Å². The predicted molar refractivity (Wildman–Crippen MR) is 55.6 cm³/mol. The van der Waals surface area contributed by atoms with Gasteiger partial charge in [-0.2, -0.15) is 14.8 Å². The van der Waals surface area contributed by atoms with E-state index in [0.717, 1.165) is 5.69 Å². The van der Waals surface area contributed by atoms with E-state index >= 15 is 0 Å². The molecule has 0 aliphatic rings. The number of nitrogens with one attached hydrogen (secondary N) is 1. The molecule has 0 fully saturated rings. The molecule has 5 heteroatoms. The largest absolute Gasteiger partial charge is 0.430 e. The highest BCUT2D eigenvalue weighted by atomic mass is 16.4. The Balaban J connectivity index is 2.04. The molecule has 0 aliphatic carbocycles. The minimum Gasteiger partial charge on any atom is -0.430 e. The van der Waals surface area contributed by atoms with Crippen LogP contribution in [0.2, 0.25) is 0 Å². The molecule has 0 spiro atoms. The van der Waals surface area contributed by atoms with Crippen LogP contribution >= 0.6 is 0 Å². The molecule has 2 aromatic rings. The van der Waals surface area contributed by atoms with Gasteiger partial charge in [-0.25, -0.2) is 0 Å². The Morgan fingerprint density at radius 3 is 3.07 bits per heavy atom. The Bertz CT molecular complexity index is 405. The number of oxazole rings is 1. The summed E-state index contributed by atoms with van der Waals surface area (Å²) in [5.41, 5.74) is 0.884. The minimum atomic E-state index is 0.440. The highest BCUT2D eigenvalue weighted by molar-refractivity contribution is 5.08. The van der Waals surface area contributed by atoms with Crippen molar-refractivity contribution in [1.82, 2.24) is 20.1 Å². The van der Waals surface area contributed by atoms with E-state index in [4.69, 9.17) is 4.42 Å². The number of aromatic nitrogens is 3. The third-order valence-corrected chi connectivity index (χ3v) is 1.93. The van der Waals surface area contributed by atoms with Gasteiger partial charge in [0.25, 0.3) is 0 Å². The lowest BCUT2D eigenvalue weighted by Crippen LogP contribution is -2.21. The topological polar surface area (TPSA) is 55.9 Å². The summed E-state index contributed by atoms with van der Waals surface area (Å²) >= 11 is 0. The highest BCUT2D eigenvalue weighted by Gasteiger charge is 2.05. The van der Waals surface area contributed by atoms with E-state index < -0.39 is 0 Å². The van der Waals surface area contributed by atoms with Crippen LogP contribution in [0, 0.1) is 0 Å². The molecule has 0 aromatic carbocycles. The molecule has 2 heterocycles. The SMILES string of the molecule is CC(C)NCc1coc(-n2cccn2)n1. The molecule has 0 bridgehead atoms. The van der Waals surface area contributed by atoms with Gasteiger partial charge in [0, 0.05) is 25.0 Å². The quantitative estimate of drug-likeness (QED) is 0.820. The monoisotopic (exact) mass is 206 g/mol. The lowest BCUT2D eigenvalue weighted by atomic mass is 10.4. The molecule has 0 atom stereocenters. The van der Waals surface area contributed by atoms with E-state index in [1.807, 2.05) is 6.07 Å². The van der Waals surface area contributed by atoms with Gasteiger partial charge in [0.2, 0.25) is 0 Å². The summed E-state index contributed by atoms with van der Waals surface area (Å²) in [6, 6.07) is 2.77. The van der Waals surface area contributed by atoms with E-state index in [0.29, 0.717) is 18.6 Å². The molecule has 0 unspecified atom stereocenters. The van der Waals surface area contributed by atoms with Gasteiger partial charge >= 0.3 is 6.01 Å². The molecule has 1 N–H and O–H groups in total. The Kier molecular flexibility index (Phi) is 2.82. The van der Waals surface area contributed by atoms with E-state index in [9.17, 15) is 0 Å². The fourth-order valence-corrected chi connectivity index (χ4v) is 1.17. The van der Waals surface area contributed by atoms with Gasteiger partial charge in [-0.15, -0.1) is 0 Å². The van der Waals surface area contributed by atoms with Crippen LogP contribution in [0.15, 0.2) is 29.1 Å². The second kappa shape index (κ2) is 4.27. The van der Waals surface area contributed by atoms with Crippen LogP contribution in [0.5, 0.6) is 0 Å². The maximum atomic E-state index is 5.29. The Morgan fingerprint density at radius 2 is 2.40 bits per heavy atom. The van der Waals surface area contributed by atoms with Gasteiger partial charge in [0.1, 0.15) is 6.26 Å². The molecule has 0 saturated heterocycles. The van der Waals surface area contributed by atoms with E-state index in [1.54, 1.807) is 23.3 Å². The van der Waals surface area contributed by atoms with Gasteiger partial charge < -0.3 is 9.73 Å². The summed E-state index contributed by atoms with van der Waals surface area (Å²) in [7, 11) is 0. The van der Waals surface area contributed by atoms with Crippen LogP contribution in [0.3, 0.4) is 0 Å². The Morgan fingerprint density at radius 1 is 1.53 bits per heavy atom. The highest BCUT2D eigenvalue weighted by Crippen LogP contribution is 2.06. The van der Waals surface area contributed by atoms with Crippen molar-refractivity contribution in [2.75, 3.05) is 0 Å². The third kappa shape index (κ3) is 2.44. The average Bonchev–Trinajstić information content (AvgIpc) is 2.85. The van der Waals surface area contributed by atoms with Crippen molar-refractivity contribution in [2.45, 2.75) is 26.4 Å². The molecule has 0 radical (unpaired) electrons. The summed E-state index contributed by atoms with van der Waals surface area (Å²) in [6.45, 7) is 4.89. The number of rotatable bonds is 4. The third-order valence-electron chi connectivity index (χ3n) is 1.93. The van der Waals surface area contributed by atoms with Crippen molar-refractivity contribution in [1.29, 1.82) is 0 Å². The number of nitrogens with zero attached hydrogens (tertiary/aromatic N) is 3. The fourth-order valence-electron chi connectivity index (χ4n) is 1.17. The van der Waals surface area contributed by atoms with Crippen LogP contribution in [0.1, 0.15) is 19.5 Å². The molecule has 80 valence electrons. The first-order valence-electron chi connectivity index (χ1n) is 4.93. The zero-order valence-corrected chi connectivity index (χ0v) is 8.84. The summed E-state index contributed by atoms with van der Waals surface area (Å²) in [6.07, 6.45) is 5.13. The molecule has 2 aromatic heterocycles. The van der Waals surface area contributed by atoms with Gasteiger partial charge in [0.05, 0.1) is 5.69 Å². The second-order valence-electron chi connectivity index (χ2n) is 3.61. The van der Waals surface area contributed by atoms with Crippen molar-refractivity contribution in [3.63, 3.8) is 0 Å². The van der Waals surface area contributed by atoms with Crippen LogP contribution in [-0.4, -0.2) is 20.8 Å². The Hall–Kier alpha value is -1.62. The van der Waals surface area contributed by atoms with Crippen molar-refractivity contribution in [2.24, 2.45) is 0 Å². The average molecular weight is 206 g/mol. The molecule has 15 heavy (non-hydrogen) atoms. The molecular formula is C10H14N4O. The molecule has 0 saturated carbocycles. The van der Waals surface area contributed by atoms with E-state index in [2.05, 4.69) is 29.2 Å². The van der Waals surface area contributed by atoms with Crippen LogP contribution in [-0.2, 0) is 6.54 Å². The van der Waals surface area contributed by atoms with Gasteiger partial charge in [-0.1, -0.05) is 13.8 Å². The number of hydrogen-bond donors (Lipinski definition) is 1. The first-order chi connectivity index (χ1) is 7.25. The molecule has 5 nitrogen and oxygen atoms in total. The minimum absolute atomic E-state index is 0.440. The maximum absolute atomic E-state index is 5.29. The van der Waals surface area contributed by atoms with Crippen molar-refractivity contribution < 1.29 is 4.42 Å². The lowest BCUT2D eigenvalue weighted by Gasteiger charge is -2.03. The summed E-state index contributed by atoms with van der Waals surface area (Å²) in [5, 5.41) is 7.30. The zero-order chi connectivity index (χ0) is 10.7. The lowest BCUT2D eigenvalue weighted by molar-refractivity contribution is 0.508. The van der Waals surface area contributed by atoms with Crippen molar-refractivity contribution in [3.05, 3.63) is 30.4 Å². The summed E-state index contributed by atoms with van der Waals surface area (Å²) in [4.78, 5) is 4.30.